The van der Waals surface area contributed by atoms with Crippen LogP contribution in [0.5, 0.6) is 5.75 Å². The van der Waals surface area contributed by atoms with Gasteiger partial charge in [0.15, 0.2) is 5.65 Å². The highest BCUT2D eigenvalue weighted by atomic mass is 35.5. The van der Waals surface area contributed by atoms with Gasteiger partial charge in [-0.1, -0.05) is 41.8 Å². The summed E-state index contributed by atoms with van der Waals surface area (Å²) in [6, 6.07) is 11.2. The number of nitrogens with two attached hydrogens (primary N) is 2. The number of hydrogen-bond donors (Lipinski definition) is 3. The lowest BCUT2D eigenvalue weighted by Crippen LogP contribution is -2.34. The molecule has 0 spiro atoms. The van der Waals surface area contributed by atoms with Crippen LogP contribution in [0.3, 0.4) is 0 Å². The summed E-state index contributed by atoms with van der Waals surface area (Å²) >= 11 is 12.2. The first-order chi connectivity index (χ1) is 16.8. The number of aromatic amines is 1. The largest absolute Gasteiger partial charge is 0.425 e. The van der Waals surface area contributed by atoms with Crippen molar-refractivity contribution >= 4 is 34.8 Å². The molecule has 2 aromatic carbocycles. The Bertz CT molecular complexity index is 1430. The number of fused-ring (bicyclic) bond motifs is 1. The van der Waals surface area contributed by atoms with E-state index >= 15 is 0 Å². The van der Waals surface area contributed by atoms with Gasteiger partial charge in [-0.15, -0.1) is 0 Å². The van der Waals surface area contributed by atoms with E-state index in [1.54, 1.807) is 24.3 Å². The summed E-state index contributed by atoms with van der Waals surface area (Å²) in [6.45, 7) is 2.39. The number of hydrogen-bond acceptors (Lipinski definition) is 6. The molecular formula is C25H25Cl2N5O3. The van der Waals surface area contributed by atoms with Gasteiger partial charge < -0.3 is 16.2 Å². The van der Waals surface area contributed by atoms with Crippen LogP contribution in [0.1, 0.15) is 25.0 Å². The normalized spacial score (nSPS) is 12.1. The van der Waals surface area contributed by atoms with Crippen LogP contribution in [0, 0.1) is 6.92 Å². The van der Waals surface area contributed by atoms with E-state index in [0.717, 1.165) is 23.2 Å². The standard InChI is InChI=1S/C25H25Cl2N5O3/c1-14-22(15-5-7-16(26)8-6-15)23-30-13-19(24(33)32(23)31-14)18-10-9-17(27)12-21(18)35-25(34)20(29)4-2-3-11-28/h5-10,12-13,20,31H,2-4,11,28-29H2,1H3/t20-/m1/s1. The number of aromatic nitrogens is 3. The number of nitrogens with zero attached hydrogens (tertiary/aromatic N) is 2. The lowest BCUT2D eigenvalue weighted by molar-refractivity contribution is -0.136. The van der Waals surface area contributed by atoms with E-state index in [1.165, 1.54) is 16.8 Å². The van der Waals surface area contributed by atoms with Crippen molar-refractivity contribution in [2.45, 2.75) is 32.2 Å². The molecule has 0 amide bonds. The third-order valence-electron chi connectivity index (χ3n) is 5.69. The Hall–Kier alpha value is -3.17. The van der Waals surface area contributed by atoms with Gasteiger partial charge >= 0.3 is 5.97 Å². The van der Waals surface area contributed by atoms with E-state index in [-0.39, 0.29) is 16.9 Å². The number of carbonyl (C=O) groups is 1. The number of nitrogens with one attached hydrogen (secondary N) is 1. The van der Waals surface area contributed by atoms with Gasteiger partial charge in [-0.05, 0) is 56.1 Å². The molecule has 182 valence electrons. The molecule has 0 aliphatic rings. The van der Waals surface area contributed by atoms with E-state index in [9.17, 15) is 9.59 Å². The van der Waals surface area contributed by atoms with Crippen LogP contribution in [0.25, 0.3) is 27.9 Å². The highest BCUT2D eigenvalue weighted by molar-refractivity contribution is 6.31. The molecule has 4 aromatic rings. The molecule has 0 fully saturated rings. The zero-order valence-corrected chi connectivity index (χ0v) is 20.6. The lowest BCUT2D eigenvalue weighted by Gasteiger charge is -2.14. The number of aryl methyl sites for hydroxylation is 1. The Morgan fingerprint density at radius 3 is 2.54 bits per heavy atom. The third kappa shape index (κ3) is 5.26. The van der Waals surface area contributed by atoms with Gasteiger partial charge in [0.1, 0.15) is 11.8 Å². The van der Waals surface area contributed by atoms with Crippen molar-refractivity contribution in [2.24, 2.45) is 11.5 Å². The average molecular weight is 514 g/mol. The summed E-state index contributed by atoms with van der Waals surface area (Å²) in [6.07, 6.45) is 3.38. The highest BCUT2D eigenvalue weighted by Crippen LogP contribution is 2.33. The topological polar surface area (TPSA) is 128 Å². The zero-order chi connectivity index (χ0) is 25.1. The Morgan fingerprint density at radius 1 is 1.11 bits per heavy atom. The molecule has 4 rings (SSSR count). The minimum atomic E-state index is -0.817. The molecule has 10 heteroatoms. The molecular weight excluding hydrogens is 489 g/mol. The first-order valence-corrected chi connectivity index (χ1v) is 11.9. The van der Waals surface area contributed by atoms with Crippen molar-refractivity contribution in [3.05, 3.63) is 74.8 Å². The highest BCUT2D eigenvalue weighted by Gasteiger charge is 2.21. The van der Waals surface area contributed by atoms with E-state index in [0.29, 0.717) is 40.6 Å². The monoisotopic (exact) mass is 513 g/mol. The summed E-state index contributed by atoms with van der Waals surface area (Å²) in [7, 11) is 0. The Morgan fingerprint density at radius 2 is 1.83 bits per heavy atom. The quantitative estimate of drug-likeness (QED) is 0.182. The molecule has 0 radical (unpaired) electrons. The SMILES string of the molecule is Cc1[nH]n2c(=O)c(-c3ccc(Cl)cc3OC(=O)[C@H](N)CCCCN)cnc2c1-c1ccc(Cl)cc1. The van der Waals surface area contributed by atoms with Gasteiger partial charge in [0.2, 0.25) is 0 Å². The molecule has 2 aromatic heterocycles. The van der Waals surface area contributed by atoms with Crippen molar-refractivity contribution in [3.8, 4) is 28.0 Å². The van der Waals surface area contributed by atoms with Crippen LogP contribution in [-0.4, -0.2) is 33.2 Å². The van der Waals surface area contributed by atoms with Gasteiger partial charge in [-0.25, -0.2) is 14.3 Å². The Labute approximate surface area is 211 Å². The van der Waals surface area contributed by atoms with E-state index in [4.69, 9.17) is 39.4 Å². The van der Waals surface area contributed by atoms with Gasteiger partial charge in [0, 0.05) is 39.1 Å². The van der Waals surface area contributed by atoms with E-state index in [2.05, 4.69) is 10.1 Å². The number of carbonyl (C=O) groups excluding carboxylic acids is 1. The van der Waals surface area contributed by atoms with Gasteiger partial charge in [-0.3, -0.25) is 9.89 Å². The molecule has 8 nitrogen and oxygen atoms in total. The van der Waals surface area contributed by atoms with Gasteiger partial charge in [0.05, 0.1) is 5.56 Å². The molecule has 0 saturated heterocycles. The summed E-state index contributed by atoms with van der Waals surface area (Å²) in [5, 5.41) is 4.05. The maximum atomic E-state index is 13.5. The molecule has 0 saturated carbocycles. The molecule has 35 heavy (non-hydrogen) atoms. The van der Waals surface area contributed by atoms with Gasteiger partial charge in [0.25, 0.3) is 5.56 Å². The van der Waals surface area contributed by atoms with Crippen LogP contribution >= 0.6 is 23.2 Å². The predicted molar refractivity (Wildman–Crippen MR) is 138 cm³/mol. The summed E-state index contributed by atoms with van der Waals surface area (Å²) < 4.78 is 6.94. The van der Waals surface area contributed by atoms with Crippen LogP contribution in [0.4, 0.5) is 0 Å². The fourth-order valence-corrected chi connectivity index (χ4v) is 4.18. The number of ether oxygens (including phenoxy) is 1. The van der Waals surface area contributed by atoms with Crippen LogP contribution in [0.15, 0.2) is 53.5 Å². The van der Waals surface area contributed by atoms with Crippen LogP contribution in [0.2, 0.25) is 10.0 Å². The molecule has 0 aliphatic heterocycles. The Kier molecular flexibility index (Phi) is 7.57. The number of esters is 1. The fourth-order valence-electron chi connectivity index (χ4n) is 3.89. The van der Waals surface area contributed by atoms with Crippen LogP contribution in [-0.2, 0) is 4.79 Å². The van der Waals surface area contributed by atoms with Crippen molar-refractivity contribution in [1.29, 1.82) is 0 Å². The third-order valence-corrected chi connectivity index (χ3v) is 6.18. The van der Waals surface area contributed by atoms with E-state index in [1.807, 2.05) is 19.1 Å². The zero-order valence-electron chi connectivity index (χ0n) is 19.1. The summed E-state index contributed by atoms with van der Waals surface area (Å²) in [5.74, 6) is -0.475. The summed E-state index contributed by atoms with van der Waals surface area (Å²) in [5.41, 5.74) is 14.6. The van der Waals surface area contributed by atoms with Crippen LogP contribution < -0.4 is 21.8 Å². The minimum absolute atomic E-state index is 0.136. The average Bonchev–Trinajstić information content (AvgIpc) is 3.17. The Balaban J connectivity index is 1.73. The first-order valence-electron chi connectivity index (χ1n) is 11.1. The fraction of sp³-hybridized carbons (Fsp3) is 0.240. The lowest BCUT2D eigenvalue weighted by atomic mass is 10.1. The second-order valence-corrected chi connectivity index (χ2v) is 9.08. The van der Waals surface area contributed by atoms with E-state index < -0.39 is 12.0 Å². The summed E-state index contributed by atoms with van der Waals surface area (Å²) in [4.78, 5) is 30.6. The number of benzene rings is 2. The maximum Gasteiger partial charge on any atom is 0.328 e. The van der Waals surface area contributed by atoms with Crippen molar-refractivity contribution in [1.82, 2.24) is 14.6 Å². The second kappa shape index (κ2) is 10.6. The number of halogens is 2. The minimum Gasteiger partial charge on any atom is -0.425 e. The van der Waals surface area contributed by atoms with Crippen molar-refractivity contribution in [2.75, 3.05) is 6.54 Å². The molecule has 5 N–H and O–H groups in total. The van der Waals surface area contributed by atoms with Crippen molar-refractivity contribution in [3.63, 3.8) is 0 Å². The molecule has 0 aliphatic carbocycles. The molecule has 1 atom stereocenters. The molecule has 0 unspecified atom stereocenters. The second-order valence-electron chi connectivity index (χ2n) is 8.21. The molecule has 2 heterocycles. The number of rotatable bonds is 8. The maximum absolute atomic E-state index is 13.5. The van der Waals surface area contributed by atoms with Gasteiger partial charge in [-0.2, -0.15) is 0 Å². The molecule has 0 bridgehead atoms. The number of H-pyrrole nitrogens is 1. The predicted octanol–water partition coefficient (Wildman–Crippen LogP) is 4.33. The smallest absolute Gasteiger partial charge is 0.328 e. The number of unbranched alkanes of at least 4 members (excludes halogenated alkanes) is 1. The van der Waals surface area contributed by atoms with Crippen molar-refractivity contribution < 1.29 is 9.53 Å². The first kappa shape index (κ1) is 24.9.